The van der Waals surface area contributed by atoms with Crippen molar-refractivity contribution in [1.29, 1.82) is 0 Å². The average Bonchev–Trinajstić information content (AvgIpc) is 3.00. The molecule has 0 heterocycles. The minimum atomic E-state index is 0.777. The molecule has 0 rings (SSSR count). The van der Waals surface area contributed by atoms with Crippen LogP contribution >= 0.6 is 0 Å². The minimum absolute atomic E-state index is 0.777. The van der Waals surface area contributed by atoms with Crippen LogP contribution in [0.1, 0.15) is 174 Å². The number of hydrogen-bond donors (Lipinski definition) is 0. The summed E-state index contributed by atoms with van der Waals surface area (Å²) in [6.45, 7) is 5.60. The number of likely N-dealkylation sites (N-methyl/N-ethyl adjacent to an activating group) is 1. The molecule has 43 heavy (non-hydrogen) atoms. The molecule has 1 heteroatoms. The Morgan fingerprint density at radius 3 is 1.47 bits per heavy atom. The maximum absolute atomic E-state index is 3.37. The van der Waals surface area contributed by atoms with Crippen LogP contribution in [0.25, 0.3) is 0 Å². The summed E-state index contributed by atoms with van der Waals surface area (Å²) in [5.41, 5.74) is 3.37. The van der Waals surface area contributed by atoms with E-state index in [1.807, 2.05) is 0 Å². The SMILES string of the molecule is CCCCC/C=C\CC=C=CCCCCCCCC(/C=C/CN(C)C)CCCCCCCC/C=C\C/C=C\CCCCC. The molecule has 1 atom stereocenters. The lowest BCUT2D eigenvalue weighted by Gasteiger charge is -2.14. The number of rotatable bonds is 32. The third-order valence-corrected chi connectivity index (χ3v) is 8.21. The number of hydrogen-bond acceptors (Lipinski definition) is 1. The van der Waals surface area contributed by atoms with Gasteiger partial charge in [0.05, 0.1) is 0 Å². The summed E-state index contributed by atoms with van der Waals surface area (Å²) in [6.07, 6.45) is 56.5. The van der Waals surface area contributed by atoms with Gasteiger partial charge in [0.1, 0.15) is 0 Å². The van der Waals surface area contributed by atoms with Gasteiger partial charge in [0, 0.05) is 6.54 Å². The van der Waals surface area contributed by atoms with Crippen LogP contribution in [-0.2, 0) is 0 Å². The second-order valence-corrected chi connectivity index (χ2v) is 12.9. The van der Waals surface area contributed by atoms with Crippen LogP contribution in [0.3, 0.4) is 0 Å². The van der Waals surface area contributed by atoms with Crippen molar-refractivity contribution in [3.63, 3.8) is 0 Å². The lowest BCUT2D eigenvalue weighted by atomic mass is 9.93. The quantitative estimate of drug-likeness (QED) is 0.0426. The monoisotopic (exact) mass is 594 g/mol. The second kappa shape index (κ2) is 36.6. The lowest BCUT2D eigenvalue weighted by molar-refractivity contribution is 0.445. The summed E-state index contributed by atoms with van der Waals surface area (Å²) in [4.78, 5) is 2.27. The van der Waals surface area contributed by atoms with Gasteiger partial charge in [-0.1, -0.05) is 146 Å². The zero-order valence-corrected chi connectivity index (χ0v) is 29.7. The Hall–Kier alpha value is -1.56. The number of unbranched alkanes of at least 4 members (excludes halogenated alkanes) is 17. The molecule has 0 saturated heterocycles. The minimum Gasteiger partial charge on any atom is -0.306 e. The van der Waals surface area contributed by atoms with Crippen LogP contribution < -0.4 is 0 Å². The fourth-order valence-electron chi connectivity index (χ4n) is 5.41. The van der Waals surface area contributed by atoms with Gasteiger partial charge in [-0.3, -0.25) is 0 Å². The molecule has 248 valence electrons. The van der Waals surface area contributed by atoms with Crippen molar-refractivity contribution < 1.29 is 0 Å². The lowest BCUT2D eigenvalue weighted by Crippen LogP contribution is -2.11. The summed E-state index contributed by atoms with van der Waals surface area (Å²) < 4.78 is 0. The van der Waals surface area contributed by atoms with Crippen LogP contribution in [-0.4, -0.2) is 25.5 Å². The van der Waals surface area contributed by atoms with Gasteiger partial charge in [-0.05, 0) is 109 Å². The molecule has 0 fully saturated rings. The Morgan fingerprint density at radius 1 is 0.465 bits per heavy atom. The average molecular weight is 594 g/mol. The predicted molar refractivity (Wildman–Crippen MR) is 198 cm³/mol. The van der Waals surface area contributed by atoms with Gasteiger partial charge >= 0.3 is 0 Å². The molecule has 0 radical (unpaired) electrons. The molecule has 0 saturated carbocycles. The van der Waals surface area contributed by atoms with Gasteiger partial charge in [0.25, 0.3) is 0 Å². The largest absolute Gasteiger partial charge is 0.306 e. The highest BCUT2D eigenvalue weighted by Crippen LogP contribution is 2.21. The zero-order chi connectivity index (χ0) is 31.3. The van der Waals surface area contributed by atoms with E-state index in [2.05, 4.69) is 99.3 Å². The standard InChI is InChI=1S/C42H75N/c1-5-7-9-11-13-15-17-19-21-23-25-27-29-31-33-35-38-42(40-37-41-43(3)4)39-36-34-32-30-28-26-24-22-20-18-16-14-12-10-8-6-2/h13-16,19-21,24,37,40,42H,5-12,17-18,23,25-36,38-39,41H2,1-4H3/b15-13-,16-14-,21-19-,40-37+. The highest BCUT2D eigenvalue weighted by Gasteiger charge is 2.05. The number of nitrogens with zero attached hydrogens (tertiary/aromatic N) is 1. The van der Waals surface area contributed by atoms with Gasteiger partial charge in [0.2, 0.25) is 0 Å². The molecule has 0 aromatic carbocycles. The molecule has 0 spiro atoms. The molecule has 1 nitrogen and oxygen atoms in total. The normalized spacial score (nSPS) is 12.9. The van der Waals surface area contributed by atoms with Gasteiger partial charge in [-0.25, -0.2) is 0 Å². The number of allylic oxidation sites excluding steroid dienone is 8. The molecule has 0 aromatic heterocycles. The molecule has 0 aromatic rings. The molecule has 0 aliphatic rings. The van der Waals surface area contributed by atoms with Crippen LogP contribution in [0.4, 0.5) is 0 Å². The molecule has 1 unspecified atom stereocenters. The first-order valence-electron chi connectivity index (χ1n) is 18.9. The van der Waals surface area contributed by atoms with E-state index >= 15 is 0 Å². The maximum atomic E-state index is 3.37. The summed E-state index contributed by atoms with van der Waals surface area (Å²) in [5, 5.41) is 0. The Morgan fingerprint density at radius 2 is 0.930 bits per heavy atom. The van der Waals surface area contributed by atoms with Crippen molar-refractivity contribution in [2.24, 2.45) is 5.92 Å². The van der Waals surface area contributed by atoms with E-state index in [0.717, 1.165) is 25.3 Å². The molecule has 0 aliphatic heterocycles. The topological polar surface area (TPSA) is 3.24 Å². The summed E-state index contributed by atoms with van der Waals surface area (Å²) in [6, 6.07) is 0. The first-order chi connectivity index (χ1) is 21.2. The van der Waals surface area contributed by atoms with E-state index in [1.165, 1.54) is 148 Å². The Labute approximate surface area is 271 Å². The molecule has 0 amide bonds. The summed E-state index contributed by atoms with van der Waals surface area (Å²) in [5.74, 6) is 0.777. The fourth-order valence-corrected chi connectivity index (χ4v) is 5.41. The highest BCUT2D eigenvalue weighted by molar-refractivity contribution is 4.94. The maximum Gasteiger partial charge on any atom is 0.0157 e. The Kier molecular flexibility index (Phi) is 35.3. The summed E-state index contributed by atoms with van der Waals surface area (Å²) in [7, 11) is 4.33. The molecule has 0 N–H and O–H groups in total. The third-order valence-electron chi connectivity index (χ3n) is 8.21. The van der Waals surface area contributed by atoms with Crippen molar-refractivity contribution in [3.8, 4) is 0 Å². The second-order valence-electron chi connectivity index (χ2n) is 12.9. The smallest absolute Gasteiger partial charge is 0.0157 e. The van der Waals surface area contributed by atoms with E-state index in [-0.39, 0.29) is 0 Å². The van der Waals surface area contributed by atoms with E-state index < -0.39 is 0 Å². The van der Waals surface area contributed by atoms with Gasteiger partial charge in [0.15, 0.2) is 0 Å². The highest BCUT2D eigenvalue weighted by atomic mass is 15.0. The van der Waals surface area contributed by atoms with Crippen molar-refractivity contribution in [3.05, 3.63) is 66.5 Å². The molecular weight excluding hydrogens is 518 g/mol. The van der Waals surface area contributed by atoms with Crippen molar-refractivity contribution >= 4 is 0 Å². The van der Waals surface area contributed by atoms with E-state index in [1.54, 1.807) is 0 Å². The first-order valence-corrected chi connectivity index (χ1v) is 18.9. The van der Waals surface area contributed by atoms with Crippen molar-refractivity contribution in [2.75, 3.05) is 20.6 Å². The van der Waals surface area contributed by atoms with Gasteiger partial charge in [-0.15, -0.1) is 5.73 Å². The van der Waals surface area contributed by atoms with Gasteiger partial charge in [-0.2, -0.15) is 0 Å². The zero-order valence-electron chi connectivity index (χ0n) is 29.7. The molecule has 0 bridgehead atoms. The molecule has 0 aliphatic carbocycles. The predicted octanol–water partition coefficient (Wildman–Crippen LogP) is 13.9. The fraction of sp³-hybridized carbons (Fsp3) is 0.738. The van der Waals surface area contributed by atoms with E-state index in [9.17, 15) is 0 Å². The van der Waals surface area contributed by atoms with Crippen LogP contribution in [0.2, 0.25) is 0 Å². The molecular formula is C42H75N. The Balaban J connectivity index is 3.87. The van der Waals surface area contributed by atoms with Crippen LogP contribution in [0, 0.1) is 5.92 Å². The van der Waals surface area contributed by atoms with E-state index in [0.29, 0.717) is 0 Å². The summed E-state index contributed by atoms with van der Waals surface area (Å²) >= 11 is 0. The van der Waals surface area contributed by atoms with Crippen molar-refractivity contribution in [2.45, 2.75) is 174 Å². The van der Waals surface area contributed by atoms with Crippen molar-refractivity contribution in [1.82, 2.24) is 4.90 Å². The first kappa shape index (κ1) is 41.4. The van der Waals surface area contributed by atoms with Crippen LogP contribution in [0.5, 0.6) is 0 Å². The Bertz CT molecular complexity index is 715. The third kappa shape index (κ3) is 36.5. The van der Waals surface area contributed by atoms with Crippen LogP contribution in [0.15, 0.2) is 66.5 Å². The van der Waals surface area contributed by atoms with Gasteiger partial charge < -0.3 is 4.90 Å². The van der Waals surface area contributed by atoms with E-state index in [4.69, 9.17) is 0 Å².